The van der Waals surface area contributed by atoms with Gasteiger partial charge in [0.1, 0.15) is 0 Å². The Kier molecular flexibility index (Phi) is 4.94. The first kappa shape index (κ1) is 17.1. The summed E-state index contributed by atoms with van der Waals surface area (Å²) < 4.78 is 27.3. The Bertz CT molecular complexity index is 543. The van der Waals surface area contributed by atoms with Gasteiger partial charge in [-0.25, -0.2) is 18.1 Å². The lowest BCUT2D eigenvalue weighted by atomic mass is 9.82. The van der Waals surface area contributed by atoms with Crippen LogP contribution in [0.15, 0.2) is 23.4 Å². The van der Waals surface area contributed by atoms with Crippen LogP contribution in [0.2, 0.25) is 0 Å². The Hall–Kier alpha value is -0.980. The molecule has 0 saturated heterocycles. The van der Waals surface area contributed by atoms with Crippen LogP contribution >= 0.6 is 0 Å². The van der Waals surface area contributed by atoms with Crippen molar-refractivity contribution in [3.05, 3.63) is 23.9 Å². The number of aliphatic hydroxyl groups is 1. The summed E-state index contributed by atoms with van der Waals surface area (Å²) in [6, 6.07) is 2.96. The third-order valence-corrected chi connectivity index (χ3v) is 4.25. The lowest BCUT2D eigenvalue weighted by Gasteiger charge is -2.32. The van der Waals surface area contributed by atoms with Gasteiger partial charge >= 0.3 is 0 Å². The molecular formula is C14H24N2O3S. The van der Waals surface area contributed by atoms with Crippen LogP contribution in [-0.4, -0.2) is 24.0 Å². The first-order valence-electron chi connectivity index (χ1n) is 6.55. The molecule has 1 heterocycles. The molecule has 5 nitrogen and oxygen atoms in total. The largest absolute Gasteiger partial charge is 0.392 e. The molecule has 20 heavy (non-hydrogen) atoms. The predicted octanol–water partition coefficient (Wildman–Crippen LogP) is 2.07. The zero-order valence-corrected chi connectivity index (χ0v) is 13.6. The van der Waals surface area contributed by atoms with Crippen molar-refractivity contribution in [1.29, 1.82) is 0 Å². The van der Waals surface area contributed by atoms with Crippen molar-refractivity contribution in [3.8, 4) is 0 Å². The summed E-state index contributed by atoms with van der Waals surface area (Å²) in [5.74, 6) is 0. The molecule has 114 valence electrons. The molecule has 0 aliphatic heterocycles. The lowest BCUT2D eigenvalue weighted by Crippen LogP contribution is -2.45. The van der Waals surface area contributed by atoms with Gasteiger partial charge in [0.25, 0.3) is 10.0 Å². The van der Waals surface area contributed by atoms with E-state index in [1.165, 1.54) is 12.3 Å². The molecule has 0 spiro atoms. The number of hydrogen-bond acceptors (Lipinski definition) is 4. The SMILES string of the molecule is CC(C)(C)CC(C)(C)NS(=O)(=O)c1ccc(CO)cn1. The van der Waals surface area contributed by atoms with E-state index >= 15 is 0 Å². The Labute approximate surface area is 121 Å². The number of sulfonamides is 1. The van der Waals surface area contributed by atoms with Crippen molar-refractivity contribution in [2.75, 3.05) is 0 Å². The van der Waals surface area contributed by atoms with Crippen LogP contribution in [0.1, 0.15) is 46.6 Å². The van der Waals surface area contributed by atoms with Crippen molar-refractivity contribution in [2.45, 2.75) is 58.2 Å². The molecule has 2 N–H and O–H groups in total. The number of nitrogens with zero attached hydrogens (tertiary/aromatic N) is 1. The summed E-state index contributed by atoms with van der Waals surface area (Å²) in [6.45, 7) is 9.76. The van der Waals surface area contributed by atoms with Crippen LogP contribution in [0.25, 0.3) is 0 Å². The van der Waals surface area contributed by atoms with Gasteiger partial charge in [-0.15, -0.1) is 0 Å². The highest BCUT2D eigenvalue weighted by atomic mass is 32.2. The average molecular weight is 300 g/mol. The van der Waals surface area contributed by atoms with E-state index in [1.807, 2.05) is 13.8 Å². The maximum absolute atomic E-state index is 12.3. The first-order valence-corrected chi connectivity index (χ1v) is 8.03. The van der Waals surface area contributed by atoms with Gasteiger partial charge in [0.2, 0.25) is 0 Å². The predicted molar refractivity (Wildman–Crippen MR) is 78.6 cm³/mol. The fourth-order valence-corrected chi connectivity index (χ4v) is 3.78. The van der Waals surface area contributed by atoms with Crippen molar-refractivity contribution in [1.82, 2.24) is 9.71 Å². The molecule has 0 fully saturated rings. The molecular weight excluding hydrogens is 276 g/mol. The number of pyridine rings is 1. The number of nitrogens with one attached hydrogen (secondary N) is 1. The Morgan fingerprint density at radius 1 is 1.20 bits per heavy atom. The molecule has 0 bridgehead atoms. The van der Waals surface area contributed by atoms with Gasteiger partial charge in [0.15, 0.2) is 5.03 Å². The van der Waals surface area contributed by atoms with Gasteiger partial charge in [-0.05, 0) is 37.3 Å². The van der Waals surface area contributed by atoms with E-state index in [0.717, 1.165) is 0 Å². The summed E-state index contributed by atoms with van der Waals surface area (Å²) >= 11 is 0. The zero-order chi connectivity index (χ0) is 15.6. The quantitative estimate of drug-likeness (QED) is 0.872. The third kappa shape index (κ3) is 5.19. The van der Waals surface area contributed by atoms with Crippen LogP contribution in [0.5, 0.6) is 0 Å². The van der Waals surface area contributed by atoms with Crippen molar-refractivity contribution >= 4 is 10.0 Å². The highest BCUT2D eigenvalue weighted by Crippen LogP contribution is 2.27. The van der Waals surface area contributed by atoms with Crippen LogP contribution in [0.3, 0.4) is 0 Å². The second kappa shape index (κ2) is 5.79. The van der Waals surface area contributed by atoms with Crippen LogP contribution < -0.4 is 4.72 Å². The second-order valence-corrected chi connectivity index (χ2v) is 8.52. The molecule has 0 atom stereocenters. The zero-order valence-electron chi connectivity index (χ0n) is 12.8. The van der Waals surface area contributed by atoms with E-state index in [4.69, 9.17) is 5.11 Å². The second-order valence-electron chi connectivity index (χ2n) is 6.89. The smallest absolute Gasteiger partial charge is 0.258 e. The molecule has 1 rings (SSSR count). The molecule has 1 aromatic heterocycles. The van der Waals surface area contributed by atoms with E-state index in [1.54, 1.807) is 6.07 Å². The highest BCUT2D eigenvalue weighted by molar-refractivity contribution is 7.89. The molecule has 0 aromatic carbocycles. The monoisotopic (exact) mass is 300 g/mol. The van der Waals surface area contributed by atoms with Gasteiger partial charge in [0, 0.05) is 11.7 Å². The molecule has 6 heteroatoms. The van der Waals surface area contributed by atoms with Crippen LogP contribution in [-0.2, 0) is 16.6 Å². The third-order valence-electron chi connectivity index (χ3n) is 2.64. The topological polar surface area (TPSA) is 79.3 Å². The molecule has 0 aliphatic rings. The van der Waals surface area contributed by atoms with Crippen molar-refractivity contribution in [2.24, 2.45) is 5.41 Å². The average Bonchev–Trinajstić information content (AvgIpc) is 2.24. The highest BCUT2D eigenvalue weighted by Gasteiger charge is 2.31. The molecule has 1 aromatic rings. The van der Waals surface area contributed by atoms with Gasteiger partial charge in [-0.2, -0.15) is 0 Å². The fraction of sp³-hybridized carbons (Fsp3) is 0.643. The van der Waals surface area contributed by atoms with Gasteiger partial charge in [0.05, 0.1) is 6.61 Å². The minimum Gasteiger partial charge on any atom is -0.392 e. The van der Waals surface area contributed by atoms with E-state index in [0.29, 0.717) is 12.0 Å². The fourth-order valence-electron chi connectivity index (χ4n) is 2.44. The summed E-state index contributed by atoms with van der Waals surface area (Å²) in [7, 11) is -3.66. The summed E-state index contributed by atoms with van der Waals surface area (Å²) in [5.41, 5.74) is 0.0344. The summed E-state index contributed by atoms with van der Waals surface area (Å²) in [6.07, 6.45) is 2.07. The molecule has 0 radical (unpaired) electrons. The van der Waals surface area contributed by atoms with E-state index in [-0.39, 0.29) is 17.0 Å². The summed E-state index contributed by atoms with van der Waals surface area (Å²) in [4.78, 5) is 3.89. The lowest BCUT2D eigenvalue weighted by molar-refractivity contribution is 0.269. The van der Waals surface area contributed by atoms with Gasteiger partial charge in [-0.1, -0.05) is 26.8 Å². The number of hydrogen-bond donors (Lipinski definition) is 2. The molecule has 0 amide bonds. The Balaban J connectivity index is 2.93. The van der Waals surface area contributed by atoms with E-state index in [9.17, 15) is 8.42 Å². The standard InChI is InChI=1S/C14H24N2O3S/c1-13(2,3)10-14(4,5)16-20(18,19)12-7-6-11(9-17)8-15-12/h6-8,16-17H,9-10H2,1-5H3. The number of aliphatic hydroxyl groups excluding tert-OH is 1. The van der Waals surface area contributed by atoms with E-state index in [2.05, 4.69) is 30.5 Å². The Morgan fingerprint density at radius 3 is 2.20 bits per heavy atom. The summed E-state index contributed by atoms with van der Waals surface area (Å²) in [5, 5.41) is 8.91. The minimum atomic E-state index is -3.66. The van der Waals surface area contributed by atoms with Crippen LogP contribution in [0.4, 0.5) is 0 Å². The Morgan fingerprint density at radius 2 is 1.80 bits per heavy atom. The van der Waals surface area contributed by atoms with Crippen molar-refractivity contribution in [3.63, 3.8) is 0 Å². The minimum absolute atomic E-state index is 0.0141. The van der Waals surface area contributed by atoms with Gasteiger partial charge in [-0.3, -0.25) is 0 Å². The number of aromatic nitrogens is 1. The van der Waals surface area contributed by atoms with E-state index < -0.39 is 15.6 Å². The maximum Gasteiger partial charge on any atom is 0.258 e. The molecule has 0 unspecified atom stereocenters. The molecule has 0 saturated carbocycles. The number of rotatable bonds is 5. The first-order chi connectivity index (χ1) is 8.95. The normalized spacial score (nSPS) is 13.5. The maximum atomic E-state index is 12.3. The van der Waals surface area contributed by atoms with Crippen molar-refractivity contribution < 1.29 is 13.5 Å². The van der Waals surface area contributed by atoms with Crippen LogP contribution in [0, 0.1) is 5.41 Å². The van der Waals surface area contributed by atoms with Gasteiger partial charge < -0.3 is 5.11 Å². The molecule has 0 aliphatic carbocycles.